The second kappa shape index (κ2) is 6.23. The summed E-state index contributed by atoms with van der Waals surface area (Å²) in [4.78, 5) is 29.2. The molecule has 0 aromatic carbocycles. The Balaban J connectivity index is 2.86. The van der Waals surface area contributed by atoms with Gasteiger partial charge in [-0.3, -0.25) is 19.6 Å². The number of rotatable bonds is 5. The molecule has 1 aromatic heterocycles. The summed E-state index contributed by atoms with van der Waals surface area (Å²) in [6.45, 7) is 2.45. The van der Waals surface area contributed by atoms with Gasteiger partial charge in [0.25, 0.3) is 5.91 Å². The second-order valence-electron chi connectivity index (χ2n) is 4.28. The normalized spacial score (nSPS) is 10.5. The maximum atomic E-state index is 12.1. The van der Waals surface area contributed by atoms with Crippen molar-refractivity contribution >= 4 is 11.7 Å². The minimum absolute atomic E-state index is 0.201. The van der Waals surface area contributed by atoms with Crippen LogP contribution in [0.5, 0.6) is 0 Å². The number of hydrogen-bond donors (Lipinski definition) is 1. The van der Waals surface area contributed by atoms with Crippen LogP contribution in [-0.4, -0.2) is 53.8 Å². The fourth-order valence-electron chi connectivity index (χ4n) is 1.43. The van der Waals surface area contributed by atoms with E-state index in [-0.39, 0.29) is 11.7 Å². The fourth-order valence-corrected chi connectivity index (χ4v) is 1.43. The van der Waals surface area contributed by atoms with Crippen molar-refractivity contribution in [2.45, 2.75) is 6.92 Å². The highest BCUT2D eigenvalue weighted by molar-refractivity contribution is 6.06. The van der Waals surface area contributed by atoms with Crippen LogP contribution in [0.3, 0.4) is 0 Å². The molecule has 0 spiro atoms. The molecule has 0 saturated carbocycles. The van der Waals surface area contributed by atoms with Gasteiger partial charge < -0.3 is 4.90 Å². The molecule has 1 heterocycles. The van der Waals surface area contributed by atoms with Crippen LogP contribution in [0.15, 0.2) is 18.5 Å². The molecule has 0 aliphatic carbocycles. The van der Waals surface area contributed by atoms with Crippen molar-refractivity contribution in [1.29, 1.82) is 0 Å². The number of amides is 1. The number of nitrogens with zero attached hydrogens (tertiary/aromatic N) is 3. The topological polar surface area (TPSA) is 79.5 Å². The van der Waals surface area contributed by atoms with Gasteiger partial charge in [-0.1, -0.05) is 0 Å². The van der Waals surface area contributed by atoms with Crippen molar-refractivity contribution < 1.29 is 9.59 Å². The minimum Gasteiger partial charge on any atom is -0.308 e. The van der Waals surface area contributed by atoms with Gasteiger partial charge in [-0.2, -0.15) is 0 Å². The zero-order valence-corrected chi connectivity index (χ0v) is 10.9. The molecule has 1 amide bonds. The average Bonchev–Trinajstić information content (AvgIpc) is 2.34. The van der Waals surface area contributed by atoms with Crippen molar-refractivity contribution in [2.75, 3.05) is 27.2 Å². The molecule has 0 fully saturated rings. The van der Waals surface area contributed by atoms with Gasteiger partial charge in [0, 0.05) is 24.5 Å². The van der Waals surface area contributed by atoms with Gasteiger partial charge in [0.05, 0.1) is 12.1 Å². The lowest BCUT2D eigenvalue weighted by Crippen LogP contribution is -2.42. The Morgan fingerprint density at radius 2 is 1.94 bits per heavy atom. The van der Waals surface area contributed by atoms with E-state index in [1.807, 2.05) is 19.0 Å². The lowest BCUT2D eigenvalue weighted by molar-refractivity contribution is 0.0740. The number of nitrogens with two attached hydrogens (primary N) is 1. The van der Waals surface area contributed by atoms with Crippen molar-refractivity contribution in [3.63, 3.8) is 0 Å². The summed E-state index contributed by atoms with van der Waals surface area (Å²) in [6, 6.07) is 1.51. The number of carbonyl (C=O) groups is 2. The van der Waals surface area contributed by atoms with Crippen LogP contribution in [0.2, 0.25) is 0 Å². The first kappa shape index (κ1) is 14.3. The van der Waals surface area contributed by atoms with E-state index in [2.05, 4.69) is 4.98 Å². The standard InChI is InChI=1S/C12H18N4O2/c1-9(17)11-8-14-5-4-10(11)12(18)16(13)7-6-15(2)3/h4-5,8H,6-7,13H2,1-3H3. The Morgan fingerprint density at radius 1 is 1.28 bits per heavy atom. The third-order valence-corrected chi connectivity index (χ3v) is 2.48. The lowest BCUT2D eigenvalue weighted by atomic mass is 10.1. The average molecular weight is 250 g/mol. The van der Waals surface area contributed by atoms with E-state index in [4.69, 9.17) is 5.84 Å². The van der Waals surface area contributed by atoms with Gasteiger partial charge in [0.15, 0.2) is 5.78 Å². The first-order valence-corrected chi connectivity index (χ1v) is 5.59. The molecule has 1 aromatic rings. The van der Waals surface area contributed by atoms with Crippen LogP contribution in [-0.2, 0) is 0 Å². The molecule has 1 rings (SSSR count). The highest BCUT2D eigenvalue weighted by Crippen LogP contribution is 2.09. The molecule has 0 unspecified atom stereocenters. The SMILES string of the molecule is CC(=O)c1cnccc1C(=O)N(N)CCN(C)C. The van der Waals surface area contributed by atoms with Crippen LogP contribution in [0.1, 0.15) is 27.6 Å². The first-order chi connectivity index (χ1) is 8.43. The molecule has 2 N–H and O–H groups in total. The Morgan fingerprint density at radius 3 is 2.50 bits per heavy atom. The summed E-state index contributed by atoms with van der Waals surface area (Å²) in [7, 11) is 3.79. The quantitative estimate of drug-likeness (QED) is 0.348. The fraction of sp³-hybridized carbons (Fsp3) is 0.417. The Kier molecular flexibility index (Phi) is 4.94. The van der Waals surface area contributed by atoms with Gasteiger partial charge in [-0.25, -0.2) is 5.84 Å². The molecular formula is C12H18N4O2. The number of pyridine rings is 1. The Hall–Kier alpha value is -1.79. The third-order valence-electron chi connectivity index (χ3n) is 2.48. The minimum atomic E-state index is -0.371. The van der Waals surface area contributed by atoms with E-state index in [0.717, 1.165) is 5.01 Å². The van der Waals surface area contributed by atoms with Crippen LogP contribution in [0, 0.1) is 0 Å². The smallest absolute Gasteiger partial charge is 0.268 e. The van der Waals surface area contributed by atoms with Crippen LogP contribution >= 0.6 is 0 Å². The predicted octanol–water partition coefficient (Wildman–Crippen LogP) is 0.162. The number of hydrazine groups is 1. The van der Waals surface area contributed by atoms with Gasteiger partial charge in [-0.15, -0.1) is 0 Å². The van der Waals surface area contributed by atoms with E-state index in [1.165, 1.54) is 25.4 Å². The van der Waals surface area contributed by atoms with Gasteiger partial charge in [0.2, 0.25) is 0 Å². The molecular weight excluding hydrogens is 232 g/mol. The third kappa shape index (κ3) is 3.61. The summed E-state index contributed by atoms with van der Waals surface area (Å²) in [5.74, 6) is 5.12. The molecule has 6 heteroatoms. The lowest BCUT2D eigenvalue weighted by Gasteiger charge is -2.19. The summed E-state index contributed by atoms with van der Waals surface area (Å²) >= 11 is 0. The first-order valence-electron chi connectivity index (χ1n) is 5.59. The van der Waals surface area contributed by atoms with Gasteiger partial charge in [0.1, 0.15) is 0 Å². The van der Waals surface area contributed by atoms with Crippen molar-refractivity contribution in [3.8, 4) is 0 Å². The number of Topliss-reactive ketones (excluding diaryl/α,β-unsaturated/α-hetero) is 1. The summed E-state index contributed by atoms with van der Waals surface area (Å²) in [5, 5.41) is 1.11. The Labute approximate surface area is 106 Å². The molecule has 0 aliphatic heterocycles. The molecule has 0 radical (unpaired) electrons. The maximum absolute atomic E-state index is 12.1. The number of carbonyl (C=O) groups excluding carboxylic acids is 2. The highest BCUT2D eigenvalue weighted by Gasteiger charge is 2.18. The van der Waals surface area contributed by atoms with E-state index in [1.54, 1.807) is 0 Å². The molecule has 18 heavy (non-hydrogen) atoms. The maximum Gasteiger partial charge on any atom is 0.268 e. The molecule has 0 bridgehead atoms. The summed E-state index contributed by atoms with van der Waals surface area (Å²) in [5.41, 5.74) is 0.585. The molecule has 0 saturated heterocycles. The number of likely N-dealkylation sites (N-methyl/N-ethyl adjacent to an activating group) is 1. The number of hydrogen-bond acceptors (Lipinski definition) is 5. The highest BCUT2D eigenvalue weighted by atomic mass is 16.2. The monoisotopic (exact) mass is 250 g/mol. The van der Waals surface area contributed by atoms with Crippen LogP contribution in [0.4, 0.5) is 0 Å². The molecule has 0 aliphatic rings. The van der Waals surface area contributed by atoms with Crippen LogP contribution < -0.4 is 5.84 Å². The van der Waals surface area contributed by atoms with Crippen molar-refractivity contribution in [1.82, 2.24) is 14.9 Å². The van der Waals surface area contributed by atoms with Crippen LogP contribution in [0.25, 0.3) is 0 Å². The molecule has 98 valence electrons. The zero-order valence-electron chi connectivity index (χ0n) is 10.9. The molecule has 6 nitrogen and oxygen atoms in total. The van der Waals surface area contributed by atoms with E-state index < -0.39 is 0 Å². The van der Waals surface area contributed by atoms with Gasteiger partial charge in [-0.05, 0) is 27.1 Å². The number of aromatic nitrogens is 1. The van der Waals surface area contributed by atoms with Gasteiger partial charge >= 0.3 is 0 Å². The van der Waals surface area contributed by atoms with Crippen molar-refractivity contribution in [2.24, 2.45) is 5.84 Å². The Bertz CT molecular complexity index is 445. The largest absolute Gasteiger partial charge is 0.308 e. The van der Waals surface area contributed by atoms with Crippen molar-refractivity contribution in [3.05, 3.63) is 29.6 Å². The van der Waals surface area contributed by atoms with E-state index in [0.29, 0.717) is 24.2 Å². The number of ketones is 1. The van der Waals surface area contributed by atoms with E-state index >= 15 is 0 Å². The predicted molar refractivity (Wildman–Crippen MR) is 68.0 cm³/mol. The summed E-state index contributed by atoms with van der Waals surface area (Å²) in [6.07, 6.45) is 2.86. The van der Waals surface area contributed by atoms with E-state index in [9.17, 15) is 9.59 Å². The second-order valence-corrected chi connectivity index (χ2v) is 4.28. The summed E-state index contributed by atoms with van der Waals surface area (Å²) < 4.78 is 0. The zero-order chi connectivity index (χ0) is 13.7. The molecule has 0 atom stereocenters.